The van der Waals surface area contributed by atoms with Crippen molar-refractivity contribution >= 4 is 5.71 Å². The van der Waals surface area contributed by atoms with Crippen LogP contribution in [0.4, 0.5) is 0 Å². The normalized spacial score (nSPS) is 16.2. The zero-order valence-electron chi connectivity index (χ0n) is 6.83. The van der Waals surface area contributed by atoms with Crippen LogP contribution in [-0.4, -0.2) is 17.4 Å². The summed E-state index contributed by atoms with van der Waals surface area (Å²) in [5.74, 6) is 0.317. The number of nitrogens with zero attached hydrogens (tertiary/aromatic N) is 1. The molecule has 0 saturated heterocycles. The average molecular weight is 161 g/mol. The first-order chi connectivity index (χ1) is 5.86. The van der Waals surface area contributed by atoms with Crippen molar-refractivity contribution < 1.29 is 5.11 Å². The molecule has 1 aromatic rings. The Morgan fingerprint density at radius 3 is 2.50 bits per heavy atom. The summed E-state index contributed by atoms with van der Waals surface area (Å²) in [5.41, 5.74) is 2.32. The highest BCUT2D eigenvalue weighted by Gasteiger charge is 2.07. The van der Waals surface area contributed by atoms with Gasteiger partial charge in [0.2, 0.25) is 0 Å². The Bertz CT molecular complexity index is 300. The second-order valence-corrected chi connectivity index (χ2v) is 2.98. The van der Waals surface area contributed by atoms with Crippen LogP contribution in [0.1, 0.15) is 18.4 Å². The molecular formula is C10H11NO. The van der Waals surface area contributed by atoms with Crippen molar-refractivity contribution in [3.05, 3.63) is 29.8 Å². The van der Waals surface area contributed by atoms with Crippen molar-refractivity contribution in [3.63, 3.8) is 0 Å². The van der Waals surface area contributed by atoms with Crippen LogP contribution in [0.15, 0.2) is 29.3 Å². The third kappa shape index (κ3) is 1.33. The Morgan fingerprint density at radius 1 is 1.17 bits per heavy atom. The molecule has 0 bridgehead atoms. The van der Waals surface area contributed by atoms with E-state index < -0.39 is 0 Å². The second-order valence-electron chi connectivity index (χ2n) is 2.98. The fourth-order valence-corrected chi connectivity index (χ4v) is 1.43. The van der Waals surface area contributed by atoms with Crippen LogP contribution in [0.2, 0.25) is 0 Å². The van der Waals surface area contributed by atoms with Crippen molar-refractivity contribution in [1.82, 2.24) is 0 Å². The fourth-order valence-electron chi connectivity index (χ4n) is 1.43. The highest BCUT2D eigenvalue weighted by atomic mass is 16.3. The summed E-state index contributed by atoms with van der Waals surface area (Å²) in [5, 5.41) is 9.06. The van der Waals surface area contributed by atoms with Crippen LogP contribution in [0.25, 0.3) is 0 Å². The fraction of sp³-hybridized carbons (Fsp3) is 0.300. The van der Waals surface area contributed by atoms with E-state index in [1.807, 2.05) is 12.1 Å². The number of aliphatic imine (C=N–C) groups is 1. The molecule has 1 aliphatic rings. The van der Waals surface area contributed by atoms with Gasteiger partial charge in [0.25, 0.3) is 0 Å². The lowest BCUT2D eigenvalue weighted by Gasteiger charge is -1.99. The Morgan fingerprint density at radius 2 is 1.92 bits per heavy atom. The molecule has 12 heavy (non-hydrogen) atoms. The lowest BCUT2D eigenvalue weighted by Crippen LogP contribution is -1.94. The average Bonchev–Trinajstić information content (AvgIpc) is 2.58. The van der Waals surface area contributed by atoms with E-state index in [2.05, 4.69) is 4.99 Å². The van der Waals surface area contributed by atoms with Crippen LogP contribution < -0.4 is 0 Å². The predicted octanol–water partition coefficient (Wildman–Crippen LogP) is 1.98. The summed E-state index contributed by atoms with van der Waals surface area (Å²) in [4.78, 5) is 4.37. The zero-order valence-corrected chi connectivity index (χ0v) is 6.83. The molecule has 1 heterocycles. The molecule has 0 fully saturated rings. The van der Waals surface area contributed by atoms with Gasteiger partial charge in [-0.15, -0.1) is 0 Å². The number of hydrogen-bond donors (Lipinski definition) is 1. The Labute approximate surface area is 71.6 Å². The molecule has 62 valence electrons. The molecule has 0 unspecified atom stereocenters. The van der Waals surface area contributed by atoms with Gasteiger partial charge >= 0.3 is 0 Å². The molecule has 0 aliphatic carbocycles. The molecule has 0 atom stereocenters. The maximum atomic E-state index is 9.06. The molecule has 0 amide bonds. The van der Waals surface area contributed by atoms with E-state index >= 15 is 0 Å². The number of phenolic OH excluding ortho intramolecular Hbond substituents is 1. The maximum absolute atomic E-state index is 9.06. The van der Waals surface area contributed by atoms with E-state index in [1.165, 1.54) is 5.71 Å². The van der Waals surface area contributed by atoms with Gasteiger partial charge in [-0.1, -0.05) is 0 Å². The number of aromatic hydroxyl groups is 1. The van der Waals surface area contributed by atoms with Gasteiger partial charge in [-0.3, -0.25) is 4.99 Å². The minimum absolute atomic E-state index is 0.317. The standard InChI is InChI=1S/C10H11NO/c12-9-5-3-8(4-6-9)10-2-1-7-11-10/h3-6,12H,1-2,7H2. The third-order valence-corrected chi connectivity index (χ3v) is 2.07. The molecular weight excluding hydrogens is 150 g/mol. The molecule has 0 spiro atoms. The van der Waals surface area contributed by atoms with Crippen molar-refractivity contribution in [2.75, 3.05) is 6.54 Å². The molecule has 2 nitrogen and oxygen atoms in total. The molecule has 2 rings (SSSR count). The van der Waals surface area contributed by atoms with Crippen molar-refractivity contribution in [2.45, 2.75) is 12.8 Å². The molecule has 1 N–H and O–H groups in total. The van der Waals surface area contributed by atoms with Gasteiger partial charge in [-0.2, -0.15) is 0 Å². The van der Waals surface area contributed by atoms with E-state index in [4.69, 9.17) is 5.11 Å². The van der Waals surface area contributed by atoms with E-state index in [0.29, 0.717) is 5.75 Å². The Kier molecular flexibility index (Phi) is 1.82. The van der Waals surface area contributed by atoms with Gasteiger partial charge in [-0.05, 0) is 42.7 Å². The summed E-state index contributed by atoms with van der Waals surface area (Å²) in [6.07, 6.45) is 2.24. The first-order valence-electron chi connectivity index (χ1n) is 4.19. The number of benzene rings is 1. The molecule has 0 radical (unpaired) electrons. The molecule has 1 aliphatic heterocycles. The van der Waals surface area contributed by atoms with Gasteiger partial charge in [-0.25, -0.2) is 0 Å². The van der Waals surface area contributed by atoms with Gasteiger partial charge in [0.15, 0.2) is 0 Å². The summed E-state index contributed by atoms with van der Waals surface area (Å²) in [6, 6.07) is 7.24. The van der Waals surface area contributed by atoms with Gasteiger partial charge < -0.3 is 5.11 Å². The Hall–Kier alpha value is -1.31. The van der Waals surface area contributed by atoms with Gasteiger partial charge in [0, 0.05) is 12.3 Å². The first-order valence-corrected chi connectivity index (χ1v) is 4.19. The number of phenols is 1. The second kappa shape index (κ2) is 2.97. The highest BCUT2D eigenvalue weighted by molar-refractivity contribution is 6.01. The SMILES string of the molecule is Oc1ccc(C2=NCCC2)cc1. The zero-order chi connectivity index (χ0) is 8.39. The molecule has 0 aromatic heterocycles. The highest BCUT2D eigenvalue weighted by Crippen LogP contribution is 2.15. The number of rotatable bonds is 1. The van der Waals surface area contributed by atoms with Gasteiger partial charge in [0.1, 0.15) is 5.75 Å². The maximum Gasteiger partial charge on any atom is 0.115 e. The van der Waals surface area contributed by atoms with Crippen LogP contribution >= 0.6 is 0 Å². The smallest absolute Gasteiger partial charge is 0.115 e. The van der Waals surface area contributed by atoms with Crippen LogP contribution in [0.3, 0.4) is 0 Å². The number of hydrogen-bond acceptors (Lipinski definition) is 2. The molecule has 2 heteroatoms. The Balaban J connectivity index is 2.28. The summed E-state index contributed by atoms with van der Waals surface area (Å²) >= 11 is 0. The largest absolute Gasteiger partial charge is 0.508 e. The van der Waals surface area contributed by atoms with Crippen LogP contribution in [0, 0.1) is 0 Å². The van der Waals surface area contributed by atoms with E-state index in [-0.39, 0.29) is 0 Å². The molecule has 1 aromatic carbocycles. The van der Waals surface area contributed by atoms with E-state index in [0.717, 1.165) is 24.9 Å². The lowest BCUT2D eigenvalue weighted by atomic mass is 10.1. The summed E-state index contributed by atoms with van der Waals surface area (Å²) in [6.45, 7) is 0.955. The minimum atomic E-state index is 0.317. The third-order valence-electron chi connectivity index (χ3n) is 2.07. The predicted molar refractivity (Wildman–Crippen MR) is 48.7 cm³/mol. The van der Waals surface area contributed by atoms with Crippen molar-refractivity contribution in [2.24, 2.45) is 4.99 Å². The summed E-state index contributed by atoms with van der Waals surface area (Å²) in [7, 11) is 0. The van der Waals surface area contributed by atoms with E-state index in [1.54, 1.807) is 12.1 Å². The minimum Gasteiger partial charge on any atom is -0.508 e. The first kappa shape index (κ1) is 7.35. The van der Waals surface area contributed by atoms with Gasteiger partial charge in [0.05, 0.1) is 0 Å². The quantitative estimate of drug-likeness (QED) is 0.671. The summed E-state index contributed by atoms with van der Waals surface area (Å²) < 4.78 is 0. The monoisotopic (exact) mass is 161 g/mol. The lowest BCUT2D eigenvalue weighted by molar-refractivity contribution is 0.475. The van der Waals surface area contributed by atoms with Crippen LogP contribution in [0.5, 0.6) is 5.75 Å². The molecule has 0 saturated carbocycles. The van der Waals surface area contributed by atoms with E-state index in [9.17, 15) is 0 Å². The van der Waals surface area contributed by atoms with Crippen molar-refractivity contribution in [3.8, 4) is 5.75 Å². The topological polar surface area (TPSA) is 32.6 Å². The van der Waals surface area contributed by atoms with Crippen molar-refractivity contribution in [1.29, 1.82) is 0 Å². The van der Waals surface area contributed by atoms with Crippen LogP contribution in [-0.2, 0) is 0 Å².